The lowest BCUT2D eigenvalue weighted by Crippen LogP contribution is -2.23. The van der Waals surface area contributed by atoms with Crippen LogP contribution in [0.15, 0.2) is 30.9 Å². The molecule has 20 heavy (non-hydrogen) atoms. The average molecular weight is 278 g/mol. The topological polar surface area (TPSA) is 120 Å². The van der Waals surface area contributed by atoms with E-state index in [4.69, 9.17) is 10.2 Å². The van der Waals surface area contributed by atoms with Crippen molar-refractivity contribution in [2.24, 2.45) is 0 Å². The summed E-state index contributed by atoms with van der Waals surface area (Å²) < 4.78 is 1.62. The van der Waals surface area contributed by atoms with E-state index in [0.29, 0.717) is 11.4 Å². The molecule has 0 saturated heterocycles. The van der Waals surface area contributed by atoms with Crippen molar-refractivity contribution in [1.82, 2.24) is 14.8 Å². The molecule has 2 rings (SSSR count). The quantitative estimate of drug-likeness (QED) is 0.574. The summed E-state index contributed by atoms with van der Waals surface area (Å²) in [7, 11) is 0. The molecule has 0 radical (unpaired) electrons. The largest absolute Gasteiger partial charge is 0.478 e. The van der Waals surface area contributed by atoms with Gasteiger partial charge in [-0.15, -0.1) is 10.2 Å². The molecule has 1 atom stereocenters. The highest BCUT2D eigenvalue weighted by Crippen LogP contribution is 2.20. The van der Waals surface area contributed by atoms with E-state index in [-0.39, 0.29) is 12.1 Å². The number of aliphatic hydroxyl groups excluding tert-OH is 2. The molecule has 1 aromatic carbocycles. The van der Waals surface area contributed by atoms with Crippen LogP contribution in [-0.4, -0.2) is 55.3 Å². The number of benzene rings is 1. The number of nitrogens with zero attached hydrogens (tertiary/aromatic N) is 3. The van der Waals surface area contributed by atoms with Crippen molar-refractivity contribution in [1.29, 1.82) is 0 Å². The first kappa shape index (κ1) is 14.0. The molecular weight excluding hydrogens is 264 g/mol. The first-order valence-corrected chi connectivity index (χ1v) is 5.87. The van der Waals surface area contributed by atoms with Crippen molar-refractivity contribution >= 4 is 11.7 Å². The van der Waals surface area contributed by atoms with Gasteiger partial charge in [-0.2, -0.15) is 0 Å². The second kappa shape index (κ2) is 6.13. The Morgan fingerprint density at radius 3 is 2.65 bits per heavy atom. The van der Waals surface area contributed by atoms with Gasteiger partial charge in [0, 0.05) is 6.54 Å². The lowest BCUT2D eigenvalue weighted by atomic mass is 10.1. The molecular formula is C12H14N4O4. The van der Waals surface area contributed by atoms with Gasteiger partial charge in [0.25, 0.3) is 0 Å². The summed E-state index contributed by atoms with van der Waals surface area (Å²) in [6, 6.07) is 4.68. The van der Waals surface area contributed by atoms with E-state index >= 15 is 0 Å². The summed E-state index contributed by atoms with van der Waals surface area (Å²) in [5.41, 5.74) is 1.10. The fourth-order valence-electron chi connectivity index (χ4n) is 1.65. The van der Waals surface area contributed by atoms with E-state index in [1.807, 2.05) is 0 Å². The summed E-state index contributed by atoms with van der Waals surface area (Å²) in [6.07, 6.45) is 2.01. The zero-order chi connectivity index (χ0) is 14.5. The highest BCUT2D eigenvalue weighted by atomic mass is 16.4. The molecule has 8 heteroatoms. The van der Waals surface area contributed by atoms with Crippen LogP contribution in [0.3, 0.4) is 0 Å². The minimum atomic E-state index is -1.08. The first-order valence-electron chi connectivity index (χ1n) is 5.87. The predicted octanol–water partition coefficient (Wildman–Crippen LogP) is -0.269. The lowest BCUT2D eigenvalue weighted by Gasteiger charge is -2.14. The Morgan fingerprint density at radius 2 is 2.05 bits per heavy atom. The van der Waals surface area contributed by atoms with Gasteiger partial charge >= 0.3 is 5.97 Å². The standard InChI is InChI=1S/C12H14N4O4/c17-5-9(18)4-13-11-3-8(16-6-14-15-7-16)1-2-10(11)12(19)20/h1-3,6-7,9,13,17-18H,4-5H2,(H,19,20). The van der Waals surface area contributed by atoms with Crippen LogP contribution in [0.4, 0.5) is 5.69 Å². The predicted molar refractivity (Wildman–Crippen MR) is 69.9 cm³/mol. The number of anilines is 1. The van der Waals surface area contributed by atoms with E-state index in [2.05, 4.69) is 15.5 Å². The zero-order valence-corrected chi connectivity index (χ0v) is 10.5. The number of aliphatic hydroxyl groups is 2. The fourth-order valence-corrected chi connectivity index (χ4v) is 1.65. The fraction of sp³-hybridized carbons (Fsp3) is 0.250. The number of aromatic nitrogens is 3. The second-order valence-corrected chi connectivity index (χ2v) is 4.12. The van der Waals surface area contributed by atoms with Gasteiger partial charge in [-0.1, -0.05) is 0 Å². The van der Waals surface area contributed by atoms with Crippen LogP contribution in [0, 0.1) is 0 Å². The van der Waals surface area contributed by atoms with Crippen molar-refractivity contribution in [3.05, 3.63) is 36.4 Å². The van der Waals surface area contributed by atoms with Crippen molar-refractivity contribution in [2.75, 3.05) is 18.5 Å². The lowest BCUT2D eigenvalue weighted by molar-refractivity contribution is 0.0697. The van der Waals surface area contributed by atoms with Crippen LogP contribution in [0.25, 0.3) is 5.69 Å². The van der Waals surface area contributed by atoms with Crippen molar-refractivity contribution in [3.8, 4) is 5.69 Å². The molecule has 0 bridgehead atoms. The van der Waals surface area contributed by atoms with Crippen molar-refractivity contribution in [3.63, 3.8) is 0 Å². The Morgan fingerprint density at radius 1 is 1.35 bits per heavy atom. The van der Waals surface area contributed by atoms with Gasteiger partial charge in [-0.05, 0) is 18.2 Å². The van der Waals surface area contributed by atoms with Crippen LogP contribution in [0.1, 0.15) is 10.4 Å². The Balaban J connectivity index is 2.30. The third-order valence-corrected chi connectivity index (χ3v) is 2.69. The summed E-state index contributed by atoms with van der Waals surface area (Å²) in [5, 5.41) is 37.4. The molecule has 8 nitrogen and oxygen atoms in total. The van der Waals surface area contributed by atoms with Gasteiger partial charge in [0.1, 0.15) is 12.7 Å². The maximum absolute atomic E-state index is 11.2. The molecule has 1 heterocycles. The van der Waals surface area contributed by atoms with Crippen LogP contribution >= 0.6 is 0 Å². The monoisotopic (exact) mass is 278 g/mol. The van der Waals surface area contributed by atoms with Crippen LogP contribution < -0.4 is 5.32 Å². The molecule has 0 fully saturated rings. The van der Waals surface area contributed by atoms with Crippen LogP contribution in [0.5, 0.6) is 0 Å². The van der Waals surface area contributed by atoms with E-state index in [9.17, 15) is 9.90 Å². The van der Waals surface area contributed by atoms with Gasteiger partial charge in [-0.3, -0.25) is 4.57 Å². The molecule has 1 unspecified atom stereocenters. The Bertz CT molecular complexity index is 585. The summed E-state index contributed by atoms with van der Waals surface area (Å²) >= 11 is 0. The van der Waals surface area contributed by atoms with Gasteiger partial charge < -0.3 is 20.6 Å². The Labute approximate surface area is 114 Å². The van der Waals surface area contributed by atoms with Gasteiger partial charge in [0.05, 0.1) is 29.6 Å². The minimum Gasteiger partial charge on any atom is -0.478 e. The smallest absolute Gasteiger partial charge is 0.337 e. The molecule has 4 N–H and O–H groups in total. The maximum Gasteiger partial charge on any atom is 0.337 e. The van der Waals surface area contributed by atoms with E-state index in [1.165, 1.54) is 18.7 Å². The van der Waals surface area contributed by atoms with Gasteiger partial charge in [0.15, 0.2) is 0 Å². The van der Waals surface area contributed by atoms with Crippen molar-refractivity contribution in [2.45, 2.75) is 6.10 Å². The highest BCUT2D eigenvalue weighted by molar-refractivity contribution is 5.94. The molecule has 2 aromatic rings. The molecule has 0 aliphatic heterocycles. The molecule has 0 saturated carbocycles. The number of nitrogens with one attached hydrogen (secondary N) is 1. The number of carbonyl (C=O) groups is 1. The van der Waals surface area contributed by atoms with Gasteiger partial charge in [-0.25, -0.2) is 4.79 Å². The molecule has 0 spiro atoms. The normalized spacial score (nSPS) is 12.1. The van der Waals surface area contributed by atoms with Crippen LogP contribution in [0.2, 0.25) is 0 Å². The number of carboxylic acid groups (broad SMARTS) is 1. The zero-order valence-electron chi connectivity index (χ0n) is 10.5. The number of aromatic carboxylic acids is 1. The number of carboxylic acids is 1. The average Bonchev–Trinajstić information content (AvgIpc) is 2.98. The van der Waals surface area contributed by atoms with Gasteiger partial charge in [0.2, 0.25) is 0 Å². The number of hydrogen-bond acceptors (Lipinski definition) is 6. The molecule has 1 aromatic heterocycles. The first-order chi connectivity index (χ1) is 9.61. The summed E-state index contributed by atoms with van der Waals surface area (Å²) in [5.74, 6) is -1.08. The third kappa shape index (κ3) is 3.11. The van der Waals surface area contributed by atoms with E-state index in [1.54, 1.807) is 16.7 Å². The Kier molecular flexibility index (Phi) is 4.28. The number of rotatable bonds is 6. The molecule has 106 valence electrons. The Hall–Kier alpha value is -2.45. The third-order valence-electron chi connectivity index (χ3n) is 2.69. The van der Waals surface area contributed by atoms with Crippen LogP contribution in [-0.2, 0) is 0 Å². The van der Waals surface area contributed by atoms with E-state index in [0.717, 1.165) is 0 Å². The summed E-state index contributed by atoms with van der Waals surface area (Å²) in [6.45, 7) is -0.358. The number of hydrogen-bond donors (Lipinski definition) is 4. The SMILES string of the molecule is O=C(O)c1ccc(-n2cnnc2)cc1NCC(O)CO. The summed E-state index contributed by atoms with van der Waals surface area (Å²) in [4.78, 5) is 11.2. The minimum absolute atomic E-state index is 0.0441. The molecule has 0 aliphatic carbocycles. The second-order valence-electron chi connectivity index (χ2n) is 4.12. The maximum atomic E-state index is 11.2. The molecule has 0 amide bonds. The van der Waals surface area contributed by atoms with E-state index < -0.39 is 18.7 Å². The highest BCUT2D eigenvalue weighted by Gasteiger charge is 2.12. The van der Waals surface area contributed by atoms with Crippen molar-refractivity contribution < 1.29 is 20.1 Å². The molecule has 0 aliphatic rings.